The highest BCUT2D eigenvalue weighted by molar-refractivity contribution is 9.10. The van der Waals surface area contributed by atoms with E-state index in [1.165, 1.54) is 0 Å². The quantitative estimate of drug-likeness (QED) is 0.776. The van der Waals surface area contributed by atoms with Gasteiger partial charge in [0.05, 0.1) is 23.9 Å². The summed E-state index contributed by atoms with van der Waals surface area (Å²) in [4.78, 5) is 0. The third-order valence-corrected chi connectivity index (χ3v) is 2.98. The minimum absolute atomic E-state index is 0.643. The Bertz CT molecular complexity index is 644. The van der Waals surface area contributed by atoms with Crippen LogP contribution in [0.1, 0.15) is 5.76 Å². The highest BCUT2D eigenvalue weighted by Gasteiger charge is 2.03. The molecular weight excluding hydrogens is 282 g/mol. The topological polar surface area (TPSA) is 53.9 Å². The number of aromatic nitrogens is 2. The van der Waals surface area contributed by atoms with E-state index in [0.29, 0.717) is 6.54 Å². The summed E-state index contributed by atoms with van der Waals surface area (Å²) in [7, 11) is 0. The second-order valence-electron chi connectivity index (χ2n) is 3.70. The zero-order valence-electron chi connectivity index (χ0n) is 8.90. The van der Waals surface area contributed by atoms with E-state index in [2.05, 4.69) is 31.4 Å². The zero-order chi connectivity index (χ0) is 11.7. The first kappa shape index (κ1) is 10.4. The monoisotopic (exact) mass is 291 g/mol. The Hall–Kier alpha value is -1.75. The van der Waals surface area contributed by atoms with E-state index in [1.54, 1.807) is 0 Å². The molecule has 0 amide bonds. The van der Waals surface area contributed by atoms with Gasteiger partial charge in [0, 0.05) is 5.39 Å². The van der Waals surface area contributed by atoms with Gasteiger partial charge in [-0.25, -0.2) is 0 Å². The highest BCUT2D eigenvalue weighted by atomic mass is 79.9. The lowest BCUT2D eigenvalue weighted by atomic mass is 10.2. The maximum atomic E-state index is 5.43. The highest BCUT2D eigenvalue weighted by Crippen LogP contribution is 2.22. The van der Waals surface area contributed by atoms with E-state index in [4.69, 9.17) is 4.42 Å². The molecule has 0 spiro atoms. The summed E-state index contributed by atoms with van der Waals surface area (Å²) in [5.74, 6) is 0.883. The number of hydrogen-bond acceptors (Lipinski definition) is 3. The third kappa shape index (κ3) is 2.06. The molecule has 0 aliphatic heterocycles. The average molecular weight is 292 g/mol. The number of furan rings is 1. The molecule has 2 heterocycles. The number of benzene rings is 1. The van der Waals surface area contributed by atoms with Crippen LogP contribution >= 0.6 is 15.9 Å². The van der Waals surface area contributed by atoms with Crippen LogP contribution in [-0.2, 0) is 6.54 Å². The molecule has 0 saturated heterocycles. The first-order chi connectivity index (χ1) is 8.33. The van der Waals surface area contributed by atoms with Crippen LogP contribution in [0.2, 0.25) is 0 Å². The van der Waals surface area contributed by atoms with Gasteiger partial charge in [-0.3, -0.25) is 5.10 Å². The lowest BCUT2D eigenvalue weighted by molar-refractivity contribution is 0.495. The smallest absolute Gasteiger partial charge is 0.169 e. The summed E-state index contributed by atoms with van der Waals surface area (Å²) < 4.78 is 6.17. The van der Waals surface area contributed by atoms with Crippen LogP contribution in [0.3, 0.4) is 0 Å². The third-order valence-electron chi connectivity index (χ3n) is 2.56. The first-order valence-electron chi connectivity index (χ1n) is 5.23. The number of fused-ring (bicyclic) bond motifs is 1. The molecule has 0 atom stereocenters. The van der Waals surface area contributed by atoms with E-state index >= 15 is 0 Å². The van der Waals surface area contributed by atoms with Crippen LogP contribution in [0.15, 0.2) is 45.6 Å². The number of anilines is 1. The lowest BCUT2D eigenvalue weighted by Gasteiger charge is -2.05. The molecule has 3 rings (SSSR count). The Kier molecular flexibility index (Phi) is 2.60. The minimum Gasteiger partial charge on any atom is -0.452 e. The molecule has 5 heteroatoms. The minimum atomic E-state index is 0.643. The van der Waals surface area contributed by atoms with E-state index in [-0.39, 0.29) is 0 Å². The van der Waals surface area contributed by atoms with Gasteiger partial charge < -0.3 is 9.73 Å². The predicted molar refractivity (Wildman–Crippen MR) is 69.8 cm³/mol. The molecule has 2 aromatic heterocycles. The molecule has 2 N–H and O–H groups in total. The largest absolute Gasteiger partial charge is 0.452 e. The number of aromatic amines is 1. The van der Waals surface area contributed by atoms with E-state index in [0.717, 1.165) is 27.0 Å². The summed E-state index contributed by atoms with van der Waals surface area (Å²) in [6.07, 6.45) is 1.81. The Morgan fingerprint density at radius 3 is 3.06 bits per heavy atom. The van der Waals surface area contributed by atoms with Gasteiger partial charge in [-0.1, -0.05) is 12.1 Å². The summed E-state index contributed by atoms with van der Waals surface area (Å²) in [5.41, 5.74) is 2.03. The van der Waals surface area contributed by atoms with Crippen molar-refractivity contribution in [1.82, 2.24) is 10.2 Å². The van der Waals surface area contributed by atoms with Crippen molar-refractivity contribution in [2.75, 3.05) is 5.32 Å². The summed E-state index contributed by atoms with van der Waals surface area (Å²) in [6, 6.07) is 9.85. The Labute approximate surface area is 106 Å². The van der Waals surface area contributed by atoms with Gasteiger partial charge in [-0.2, -0.15) is 5.10 Å². The number of para-hydroxylation sites is 1. The van der Waals surface area contributed by atoms with Crippen LogP contribution in [0, 0.1) is 0 Å². The van der Waals surface area contributed by atoms with E-state index in [9.17, 15) is 0 Å². The Balaban J connectivity index is 1.83. The fourth-order valence-corrected chi connectivity index (χ4v) is 2.09. The van der Waals surface area contributed by atoms with Crippen molar-refractivity contribution in [3.8, 4) is 0 Å². The van der Waals surface area contributed by atoms with Crippen molar-refractivity contribution in [3.63, 3.8) is 0 Å². The summed E-state index contributed by atoms with van der Waals surface area (Å²) >= 11 is 3.28. The standard InChI is InChI=1S/C12H10BrN3O/c13-11-5-4-9(17-11)7-14-10-3-1-2-8-6-15-16-12(8)10/h1-6,14H,7H2,(H,15,16). The second kappa shape index (κ2) is 4.25. The number of hydrogen-bond donors (Lipinski definition) is 2. The van der Waals surface area contributed by atoms with Crippen molar-refractivity contribution in [1.29, 1.82) is 0 Å². The second-order valence-corrected chi connectivity index (χ2v) is 4.48. The first-order valence-corrected chi connectivity index (χ1v) is 6.02. The fraction of sp³-hybridized carbons (Fsp3) is 0.0833. The van der Waals surface area contributed by atoms with Crippen LogP contribution in [-0.4, -0.2) is 10.2 Å². The number of nitrogens with one attached hydrogen (secondary N) is 2. The van der Waals surface area contributed by atoms with Crippen molar-refractivity contribution in [3.05, 3.63) is 47.0 Å². The van der Waals surface area contributed by atoms with Crippen molar-refractivity contribution >= 4 is 32.5 Å². The molecule has 0 aliphatic carbocycles. The van der Waals surface area contributed by atoms with Gasteiger partial charge in [0.15, 0.2) is 4.67 Å². The molecule has 0 bridgehead atoms. The van der Waals surface area contributed by atoms with E-state index in [1.807, 2.05) is 36.5 Å². The maximum absolute atomic E-state index is 5.43. The fourth-order valence-electron chi connectivity index (χ4n) is 1.75. The summed E-state index contributed by atoms with van der Waals surface area (Å²) in [6.45, 7) is 0.643. The molecule has 0 fully saturated rings. The van der Waals surface area contributed by atoms with Crippen LogP contribution in [0.4, 0.5) is 5.69 Å². The van der Waals surface area contributed by atoms with Crippen LogP contribution in [0.25, 0.3) is 10.9 Å². The van der Waals surface area contributed by atoms with Crippen molar-refractivity contribution in [2.45, 2.75) is 6.54 Å². The number of H-pyrrole nitrogens is 1. The Morgan fingerprint density at radius 2 is 2.24 bits per heavy atom. The van der Waals surface area contributed by atoms with Gasteiger partial charge in [0.1, 0.15) is 5.76 Å². The SMILES string of the molecule is Brc1ccc(CNc2cccc3cn[nH]c23)o1. The maximum Gasteiger partial charge on any atom is 0.169 e. The number of halogens is 1. The van der Waals surface area contributed by atoms with Crippen molar-refractivity contribution in [2.24, 2.45) is 0 Å². The molecule has 4 nitrogen and oxygen atoms in total. The van der Waals surface area contributed by atoms with Gasteiger partial charge in [0.2, 0.25) is 0 Å². The molecule has 17 heavy (non-hydrogen) atoms. The van der Waals surface area contributed by atoms with Gasteiger partial charge in [0.25, 0.3) is 0 Å². The predicted octanol–water partition coefficient (Wildman–Crippen LogP) is 3.53. The van der Waals surface area contributed by atoms with Gasteiger partial charge in [-0.15, -0.1) is 0 Å². The number of rotatable bonds is 3. The van der Waals surface area contributed by atoms with Gasteiger partial charge in [-0.05, 0) is 34.1 Å². The number of nitrogens with zero attached hydrogens (tertiary/aromatic N) is 1. The van der Waals surface area contributed by atoms with Crippen molar-refractivity contribution < 1.29 is 4.42 Å². The molecule has 0 saturated carbocycles. The molecule has 0 aliphatic rings. The Morgan fingerprint density at radius 1 is 1.29 bits per heavy atom. The van der Waals surface area contributed by atoms with E-state index < -0.39 is 0 Å². The van der Waals surface area contributed by atoms with Gasteiger partial charge >= 0.3 is 0 Å². The van der Waals surface area contributed by atoms with Crippen LogP contribution < -0.4 is 5.32 Å². The average Bonchev–Trinajstić information content (AvgIpc) is 2.94. The molecule has 3 aromatic rings. The normalized spacial score (nSPS) is 10.9. The molecule has 1 aromatic carbocycles. The molecule has 86 valence electrons. The lowest BCUT2D eigenvalue weighted by Crippen LogP contribution is -1.98. The molecule has 0 radical (unpaired) electrons. The molecular formula is C12H10BrN3O. The zero-order valence-corrected chi connectivity index (χ0v) is 10.5. The van der Waals surface area contributed by atoms with Crippen LogP contribution in [0.5, 0.6) is 0 Å². The molecule has 0 unspecified atom stereocenters. The summed E-state index contributed by atoms with van der Waals surface area (Å²) in [5, 5.41) is 11.4.